The summed E-state index contributed by atoms with van der Waals surface area (Å²) in [4.78, 5) is 125. The Bertz CT molecular complexity index is 2430. The normalized spacial score (nSPS) is 15.7. The highest BCUT2D eigenvalue weighted by molar-refractivity contribution is 5.98. The molecule has 25 heteroatoms. The Labute approximate surface area is 426 Å². The predicted octanol–water partition coefficient (Wildman–Crippen LogP) is -3.91. The molecule has 1 fully saturated rings. The number of phenols is 2. The second-order valence-corrected chi connectivity index (χ2v) is 17.7. The smallest absolute Gasteiger partial charge is 0.245 e. The molecule has 1 heterocycles. The number of hydrogen-bond acceptors (Lipinski definition) is 14. The van der Waals surface area contributed by atoms with E-state index in [9.17, 15) is 58.5 Å². The summed E-state index contributed by atoms with van der Waals surface area (Å²) in [5.74, 6) is -8.16. The fourth-order valence-electron chi connectivity index (χ4n) is 7.69. The highest BCUT2D eigenvalue weighted by Gasteiger charge is 2.34. The molecule has 0 aromatic heterocycles. The lowest BCUT2D eigenvalue weighted by atomic mass is 10.0. The first kappa shape index (κ1) is 58.3. The van der Waals surface area contributed by atoms with Crippen LogP contribution in [0, 0.1) is 0 Å². The molecular weight excluding hydrogens is 963 g/mol. The molecular formula is C49H67N13O12. The van der Waals surface area contributed by atoms with Crippen LogP contribution in [-0.2, 0) is 62.4 Å². The molecule has 74 heavy (non-hydrogen) atoms. The number of aliphatic imine (C=N–C) groups is 1. The minimum atomic E-state index is -1.81. The molecule has 19 N–H and O–H groups in total. The Kier molecular flexibility index (Phi) is 23.0. The molecule has 0 spiro atoms. The first-order valence-corrected chi connectivity index (χ1v) is 23.9. The zero-order valence-electron chi connectivity index (χ0n) is 40.9. The topological polar surface area (TPSA) is 427 Å². The van der Waals surface area contributed by atoms with E-state index in [2.05, 4.69) is 47.5 Å². The molecule has 25 nitrogen and oxygen atoms in total. The Balaban J connectivity index is 1.55. The lowest BCUT2D eigenvalue weighted by Gasteiger charge is -2.27. The van der Waals surface area contributed by atoms with Crippen molar-refractivity contribution in [1.29, 1.82) is 0 Å². The van der Waals surface area contributed by atoms with E-state index in [1.165, 1.54) is 55.5 Å². The number of amides is 9. The van der Waals surface area contributed by atoms with Crippen molar-refractivity contribution in [2.24, 2.45) is 27.9 Å². The second-order valence-electron chi connectivity index (χ2n) is 17.7. The van der Waals surface area contributed by atoms with Crippen molar-refractivity contribution in [2.45, 2.75) is 113 Å². The van der Waals surface area contributed by atoms with E-state index in [0.29, 0.717) is 29.7 Å². The van der Waals surface area contributed by atoms with Gasteiger partial charge in [0.15, 0.2) is 5.96 Å². The molecule has 0 bridgehead atoms. The predicted molar refractivity (Wildman–Crippen MR) is 269 cm³/mol. The van der Waals surface area contributed by atoms with Crippen LogP contribution in [0.15, 0.2) is 83.9 Å². The molecule has 8 unspecified atom stereocenters. The minimum Gasteiger partial charge on any atom is -0.508 e. The standard InChI is InChI=1S/C49H67N13O12/c1-27(56-43(69)33-9-5-21-54-33)42(68)60-37(24-28-7-3-2-4-8-28)46(72)61-38(25-30-13-17-32(65)18-14-30)47(73)62-39(26-63)48(74)58-35(19-20-40(50)66)45(71)57-34(10-6-22-55-49(52)53)44(70)59-36(41(51)67)23-29-11-15-31(64)16-12-29/h2-4,7-8,11-18,27,33-39,54,63-65H,5-6,9-10,19-26H2,1H3,(H2,50,66)(H2,51,67)(H,56,69)(H,57,71)(H,58,74)(H,59,70)(H,60,68)(H,61,72)(H,62,73)(H4,52,53,55). The van der Waals surface area contributed by atoms with Gasteiger partial charge in [-0.2, -0.15) is 0 Å². The minimum absolute atomic E-state index is 0.0161. The van der Waals surface area contributed by atoms with Gasteiger partial charge < -0.3 is 80.8 Å². The molecule has 0 radical (unpaired) electrons. The molecule has 400 valence electrons. The van der Waals surface area contributed by atoms with Crippen molar-refractivity contribution >= 4 is 59.1 Å². The summed E-state index contributed by atoms with van der Waals surface area (Å²) in [6.07, 6.45) is 0.0796. The number of rotatable bonds is 29. The van der Waals surface area contributed by atoms with Crippen LogP contribution < -0.4 is 65.5 Å². The van der Waals surface area contributed by atoms with Gasteiger partial charge in [0.25, 0.3) is 0 Å². The van der Waals surface area contributed by atoms with Gasteiger partial charge in [-0.25, -0.2) is 0 Å². The molecule has 0 aliphatic carbocycles. The Morgan fingerprint density at radius 2 is 1.03 bits per heavy atom. The maximum Gasteiger partial charge on any atom is 0.245 e. The quantitative estimate of drug-likeness (QED) is 0.0180. The third kappa shape index (κ3) is 19.7. The van der Waals surface area contributed by atoms with Crippen LogP contribution in [0.2, 0.25) is 0 Å². The van der Waals surface area contributed by atoms with Crippen LogP contribution in [0.4, 0.5) is 0 Å². The van der Waals surface area contributed by atoms with E-state index in [1.807, 2.05) is 0 Å². The summed E-state index contributed by atoms with van der Waals surface area (Å²) in [7, 11) is 0. The lowest BCUT2D eigenvalue weighted by molar-refractivity contribution is -0.136. The van der Waals surface area contributed by atoms with E-state index in [1.54, 1.807) is 30.3 Å². The van der Waals surface area contributed by atoms with Crippen molar-refractivity contribution in [3.8, 4) is 11.5 Å². The summed E-state index contributed by atoms with van der Waals surface area (Å²) >= 11 is 0. The Morgan fingerprint density at radius 3 is 1.51 bits per heavy atom. The number of primary amides is 2. The summed E-state index contributed by atoms with van der Waals surface area (Å²) < 4.78 is 0. The monoisotopic (exact) mass is 1030 g/mol. The average molecular weight is 1030 g/mol. The number of carbonyl (C=O) groups excluding carboxylic acids is 9. The molecule has 3 aromatic rings. The van der Waals surface area contributed by atoms with E-state index in [4.69, 9.17) is 22.9 Å². The number of nitrogens with two attached hydrogens (primary N) is 4. The first-order valence-electron chi connectivity index (χ1n) is 23.9. The third-order valence-electron chi connectivity index (χ3n) is 11.8. The van der Waals surface area contributed by atoms with Crippen molar-refractivity contribution < 1.29 is 58.5 Å². The van der Waals surface area contributed by atoms with Gasteiger partial charge >= 0.3 is 0 Å². The van der Waals surface area contributed by atoms with Gasteiger partial charge in [-0.3, -0.25) is 48.1 Å². The maximum atomic E-state index is 14.2. The Morgan fingerprint density at radius 1 is 0.581 bits per heavy atom. The fourth-order valence-corrected chi connectivity index (χ4v) is 7.69. The Hall–Kier alpha value is -8.32. The number of phenolic OH excluding ortho intramolecular Hbond substituents is 2. The van der Waals surface area contributed by atoms with E-state index >= 15 is 0 Å². The van der Waals surface area contributed by atoms with Crippen LogP contribution in [-0.4, -0.2) is 142 Å². The number of aromatic hydroxyl groups is 2. The maximum absolute atomic E-state index is 14.2. The van der Waals surface area contributed by atoms with Crippen LogP contribution in [0.3, 0.4) is 0 Å². The van der Waals surface area contributed by atoms with Crippen LogP contribution in [0.1, 0.15) is 62.1 Å². The highest BCUT2D eigenvalue weighted by atomic mass is 16.3. The number of benzene rings is 3. The molecule has 8 atom stereocenters. The van der Waals surface area contributed by atoms with Gasteiger partial charge in [0.2, 0.25) is 53.2 Å². The van der Waals surface area contributed by atoms with Gasteiger partial charge in [-0.05, 0) is 86.5 Å². The zero-order chi connectivity index (χ0) is 54.3. The number of aliphatic hydroxyl groups excluding tert-OH is 1. The third-order valence-corrected chi connectivity index (χ3v) is 11.8. The van der Waals surface area contributed by atoms with Crippen molar-refractivity contribution in [2.75, 3.05) is 19.7 Å². The van der Waals surface area contributed by atoms with Gasteiger partial charge in [0.1, 0.15) is 53.8 Å². The average Bonchev–Trinajstić information content (AvgIpc) is 3.92. The molecule has 0 saturated carbocycles. The van der Waals surface area contributed by atoms with Crippen LogP contribution >= 0.6 is 0 Å². The molecule has 1 saturated heterocycles. The number of guanidine groups is 1. The van der Waals surface area contributed by atoms with Crippen molar-refractivity contribution in [1.82, 2.24) is 42.5 Å². The van der Waals surface area contributed by atoms with E-state index in [-0.39, 0.29) is 62.0 Å². The van der Waals surface area contributed by atoms with Crippen molar-refractivity contribution in [3.63, 3.8) is 0 Å². The number of aliphatic hydroxyl groups is 1. The van der Waals surface area contributed by atoms with Gasteiger partial charge in [-0.15, -0.1) is 0 Å². The summed E-state index contributed by atoms with van der Waals surface area (Å²) in [6.45, 7) is 1.07. The molecule has 1 aliphatic rings. The molecule has 3 aromatic carbocycles. The summed E-state index contributed by atoms with van der Waals surface area (Å²) in [5.41, 5.74) is 23.5. The van der Waals surface area contributed by atoms with Gasteiger partial charge in [-0.1, -0.05) is 54.6 Å². The van der Waals surface area contributed by atoms with E-state index < -0.39 is 115 Å². The van der Waals surface area contributed by atoms with Gasteiger partial charge in [0, 0.05) is 32.2 Å². The number of hydrogen-bond donors (Lipinski definition) is 15. The fraction of sp³-hybridized carbons (Fsp3) is 0.429. The van der Waals surface area contributed by atoms with Gasteiger partial charge in [0.05, 0.1) is 12.6 Å². The molecule has 1 aliphatic heterocycles. The number of nitrogens with zero attached hydrogens (tertiary/aromatic N) is 1. The summed E-state index contributed by atoms with van der Waals surface area (Å²) in [5, 5.41) is 50.9. The van der Waals surface area contributed by atoms with Crippen LogP contribution in [0.25, 0.3) is 0 Å². The zero-order valence-corrected chi connectivity index (χ0v) is 40.9. The second kappa shape index (κ2) is 29.3. The summed E-state index contributed by atoms with van der Waals surface area (Å²) in [6, 6.07) is 9.52. The van der Waals surface area contributed by atoms with Crippen LogP contribution in [0.5, 0.6) is 11.5 Å². The lowest BCUT2D eigenvalue weighted by Crippen LogP contribution is -2.61. The number of carbonyl (C=O) groups is 9. The SMILES string of the molecule is CC(NC(=O)C1CCCN1)C(=O)NC(Cc1ccccc1)C(=O)NC(Cc1ccc(O)cc1)C(=O)NC(CO)C(=O)NC(CCC(N)=O)C(=O)NC(CCCN=C(N)N)C(=O)NC(Cc1ccc(O)cc1)C(N)=O. The highest BCUT2D eigenvalue weighted by Crippen LogP contribution is 2.15. The van der Waals surface area contributed by atoms with E-state index in [0.717, 1.165) is 6.42 Å². The molecule has 4 rings (SSSR count). The largest absolute Gasteiger partial charge is 0.508 e. The number of nitrogens with one attached hydrogen (secondary N) is 8. The molecule has 9 amide bonds. The first-order chi connectivity index (χ1) is 35.2. The van der Waals surface area contributed by atoms with Crippen molar-refractivity contribution in [3.05, 3.63) is 95.6 Å².